The standard InChI is InChI=1S/C22H29NO.ClH/c1-16(2)23(17(3)4)15-9-14-22(24)20-12-7-5-10-18(20)19-11-6-8-13-21(19)22;/h5-8,10-13,16-17,24H,9,14-15H2,1-4H3;1H. The van der Waals surface area contributed by atoms with E-state index in [1.54, 1.807) is 0 Å². The van der Waals surface area contributed by atoms with Gasteiger partial charge in [-0.05, 0) is 69.3 Å². The summed E-state index contributed by atoms with van der Waals surface area (Å²) in [4.78, 5) is 2.50. The van der Waals surface area contributed by atoms with Crippen molar-refractivity contribution in [3.8, 4) is 11.1 Å². The third kappa shape index (κ3) is 3.62. The van der Waals surface area contributed by atoms with Gasteiger partial charge in [-0.3, -0.25) is 4.90 Å². The van der Waals surface area contributed by atoms with Crippen molar-refractivity contribution in [2.24, 2.45) is 0 Å². The fourth-order valence-corrected chi connectivity index (χ4v) is 4.20. The van der Waals surface area contributed by atoms with Crippen LogP contribution in [0.2, 0.25) is 0 Å². The van der Waals surface area contributed by atoms with Crippen LogP contribution in [0.15, 0.2) is 48.5 Å². The third-order valence-electron chi connectivity index (χ3n) is 5.32. The number of aliphatic hydroxyl groups is 1. The van der Waals surface area contributed by atoms with Gasteiger partial charge in [0.15, 0.2) is 0 Å². The molecule has 0 fully saturated rings. The molecule has 0 saturated carbocycles. The zero-order valence-electron chi connectivity index (χ0n) is 15.7. The minimum Gasteiger partial charge on any atom is -0.380 e. The molecule has 0 unspecified atom stereocenters. The van der Waals surface area contributed by atoms with Crippen LogP contribution in [0.1, 0.15) is 51.7 Å². The second-order valence-electron chi connectivity index (χ2n) is 7.48. The Labute approximate surface area is 158 Å². The number of hydrogen-bond acceptors (Lipinski definition) is 2. The van der Waals surface area contributed by atoms with E-state index >= 15 is 0 Å². The predicted molar refractivity (Wildman–Crippen MR) is 108 cm³/mol. The zero-order valence-corrected chi connectivity index (χ0v) is 16.5. The lowest BCUT2D eigenvalue weighted by atomic mass is 9.87. The van der Waals surface area contributed by atoms with Crippen LogP contribution in [0.25, 0.3) is 11.1 Å². The summed E-state index contributed by atoms with van der Waals surface area (Å²) in [5, 5.41) is 11.6. The Hall–Kier alpha value is -1.35. The normalized spacial score (nSPS) is 14.6. The summed E-state index contributed by atoms with van der Waals surface area (Å²) in [6.07, 6.45) is 1.74. The number of rotatable bonds is 6. The maximum atomic E-state index is 11.6. The van der Waals surface area contributed by atoms with Gasteiger partial charge in [0.05, 0.1) is 0 Å². The van der Waals surface area contributed by atoms with Gasteiger partial charge in [-0.15, -0.1) is 12.4 Å². The summed E-state index contributed by atoms with van der Waals surface area (Å²) < 4.78 is 0. The molecule has 0 aliphatic heterocycles. The smallest absolute Gasteiger partial charge is 0.116 e. The van der Waals surface area contributed by atoms with Gasteiger partial charge in [-0.1, -0.05) is 48.5 Å². The molecule has 0 amide bonds. The highest BCUT2D eigenvalue weighted by Crippen LogP contribution is 2.49. The first-order valence-corrected chi connectivity index (χ1v) is 9.12. The summed E-state index contributed by atoms with van der Waals surface area (Å²) in [6, 6.07) is 17.7. The van der Waals surface area contributed by atoms with E-state index in [0.717, 1.165) is 30.5 Å². The minimum absolute atomic E-state index is 0. The maximum absolute atomic E-state index is 11.6. The van der Waals surface area contributed by atoms with E-state index in [2.05, 4.69) is 69.0 Å². The molecule has 2 nitrogen and oxygen atoms in total. The van der Waals surface area contributed by atoms with Crippen molar-refractivity contribution in [1.82, 2.24) is 4.90 Å². The molecule has 3 heteroatoms. The Morgan fingerprint density at radius 1 is 0.840 bits per heavy atom. The Morgan fingerprint density at radius 3 is 1.72 bits per heavy atom. The third-order valence-corrected chi connectivity index (χ3v) is 5.32. The molecule has 0 atom stereocenters. The molecule has 0 bridgehead atoms. The van der Waals surface area contributed by atoms with Gasteiger partial charge in [-0.25, -0.2) is 0 Å². The summed E-state index contributed by atoms with van der Waals surface area (Å²) in [7, 11) is 0. The number of halogens is 1. The highest BCUT2D eigenvalue weighted by molar-refractivity contribution is 5.85. The van der Waals surface area contributed by atoms with Gasteiger partial charge >= 0.3 is 0 Å². The van der Waals surface area contributed by atoms with Crippen LogP contribution in [0, 0.1) is 0 Å². The summed E-state index contributed by atoms with van der Waals surface area (Å²) in [5.74, 6) is 0. The first-order valence-electron chi connectivity index (χ1n) is 9.12. The van der Waals surface area contributed by atoms with Crippen LogP contribution in [-0.4, -0.2) is 28.6 Å². The van der Waals surface area contributed by atoms with E-state index in [0.29, 0.717) is 12.1 Å². The molecule has 0 spiro atoms. The van der Waals surface area contributed by atoms with Crippen LogP contribution in [0.4, 0.5) is 0 Å². The van der Waals surface area contributed by atoms with Crippen LogP contribution < -0.4 is 0 Å². The fourth-order valence-electron chi connectivity index (χ4n) is 4.20. The Morgan fingerprint density at radius 2 is 1.28 bits per heavy atom. The van der Waals surface area contributed by atoms with E-state index in [9.17, 15) is 5.11 Å². The molecule has 136 valence electrons. The first kappa shape index (κ1) is 20.0. The van der Waals surface area contributed by atoms with Gasteiger partial charge in [0, 0.05) is 12.1 Å². The van der Waals surface area contributed by atoms with E-state index < -0.39 is 5.60 Å². The van der Waals surface area contributed by atoms with Crippen molar-refractivity contribution >= 4 is 12.4 Å². The molecule has 0 heterocycles. The minimum atomic E-state index is -0.854. The van der Waals surface area contributed by atoms with Gasteiger partial charge in [0.2, 0.25) is 0 Å². The lowest BCUT2D eigenvalue weighted by Gasteiger charge is -2.32. The quantitative estimate of drug-likeness (QED) is 0.763. The number of hydrogen-bond donors (Lipinski definition) is 1. The summed E-state index contributed by atoms with van der Waals surface area (Å²) >= 11 is 0. The van der Waals surface area contributed by atoms with Crippen LogP contribution in [0.5, 0.6) is 0 Å². The molecule has 0 saturated heterocycles. The first-order chi connectivity index (χ1) is 11.4. The Bertz CT molecular complexity index is 657. The van der Waals surface area contributed by atoms with E-state index in [4.69, 9.17) is 0 Å². The molecule has 1 aliphatic rings. The topological polar surface area (TPSA) is 23.5 Å². The molecule has 3 rings (SSSR count). The molecule has 0 aromatic heterocycles. The SMILES string of the molecule is CC(C)N(CCCC1(O)c2ccccc2-c2ccccc21)C(C)C.Cl. The highest BCUT2D eigenvalue weighted by atomic mass is 35.5. The van der Waals surface area contributed by atoms with Crippen molar-refractivity contribution in [1.29, 1.82) is 0 Å². The lowest BCUT2D eigenvalue weighted by Crippen LogP contribution is -2.38. The second-order valence-corrected chi connectivity index (χ2v) is 7.48. The highest BCUT2D eigenvalue weighted by Gasteiger charge is 2.40. The monoisotopic (exact) mass is 359 g/mol. The van der Waals surface area contributed by atoms with Gasteiger partial charge < -0.3 is 5.11 Å². The fraction of sp³-hybridized carbons (Fsp3) is 0.455. The van der Waals surface area contributed by atoms with Gasteiger partial charge in [-0.2, -0.15) is 0 Å². The molecule has 1 N–H and O–H groups in total. The Kier molecular flexibility index (Phi) is 6.31. The molecule has 25 heavy (non-hydrogen) atoms. The maximum Gasteiger partial charge on any atom is 0.116 e. The molecule has 2 aromatic carbocycles. The number of benzene rings is 2. The molecule has 2 aromatic rings. The average molecular weight is 360 g/mol. The molecular formula is C22H30ClNO. The van der Waals surface area contributed by atoms with Crippen LogP contribution >= 0.6 is 12.4 Å². The largest absolute Gasteiger partial charge is 0.380 e. The van der Waals surface area contributed by atoms with Crippen molar-refractivity contribution < 1.29 is 5.11 Å². The van der Waals surface area contributed by atoms with E-state index in [1.165, 1.54) is 11.1 Å². The molecular weight excluding hydrogens is 330 g/mol. The van der Waals surface area contributed by atoms with Crippen molar-refractivity contribution in [3.63, 3.8) is 0 Å². The number of fused-ring (bicyclic) bond motifs is 3. The van der Waals surface area contributed by atoms with Crippen molar-refractivity contribution in [2.45, 2.75) is 58.2 Å². The van der Waals surface area contributed by atoms with E-state index in [1.807, 2.05) is 12.1 Å². The summed E-state index contributed by atoms with van der Waals surface area (Å²) in [6.45, 7) is 10.00. The van der Waals surface area contributed by atoms with Crippen molar-refractivity contribution in [3.05, 3.63) is 59.7 Å². The van der Waals surface area contributed by atoms with Crippen LogP contribution in [0.3, 0.4) is 0 Å². The lowest BCUT2D eigenvalue weighted by molar-refractivity contribution is 0.0649. The van der Waals surface area contributed by atoms with Gasteiger partial charge in [0.25, 0.3) is 0 Å². The zero-order chi connectivity index (χ0) is 17.3. The average Bonchev–Trinajstić information content (AvgIpc) is 2.82. The Balaban J connectivity index is 0.00000225. The molecule has 0 radical (unpaired) electrons. The predicted octanol–water partition coefficient (Wildman–Crippen LogP) is 5.22. The van der Waals surface area contributed by atoms with E-state index in [-0.39, 0.29) is 12.4 Å². The van der Waals surface area contributed by atoms with Crippen LogP contribution in [-0.2, 0) is 5.60 Å². The second kappa shape index (κ2) is 7.90. The molecule has 1 aliphatic carbocycles. The number of nitrogens with zero attached hydrogens (tertiary/aromatic N) is 1. The van der Waals surface area contributed by atoms with Gasteiger partial charge in [0.1, 0.15) is 5.60 Å². The summed E-state index contributed by atoms with van der Waals surface area (Å²) in [5.41, 5.74) is 3.63. The van der Waals surface area contributed by atoms with Crippen molar-refractivity contribution in [2.75, 3.05) is 6.54 Å².